The largest absolute Gasteiger partial charge is 0.378 e. The number of ether oxygens (including phenoxy) is 1. The van der Waals surface area contributed by atoms with E-state index in [2.05, 4.69) is 11.4 Å². The maximum atomic E-state index is 5.93. The van der Waals surface area contributed by atoms with Crippen LogP contribution in [0.15, 0.2) is 24.3 Å². The Labute approximate surface area is 108 Å². The van der Waals surface area contributed by atoms with E-state index in [-0.39, 0.29) is 0 Å². The first-order valence-corrected chi connectivity index (χ1v) is 6.79. The molecule has 0 aromatic heterocycles. The smallest absolute Gasteiger partial charge is 0.0576 e. The topological polar surface area (TPSA) is 21.3 Å². The molecule has 0 spiro atoms. The van der Waals surface area contributed by atoms with Crippen LogP contribution in [0.2, 0.25) is 5.02 Å². The summed E-state index contributed by atoms with van der Waals surface area (Å²) in [4.78, 5) is 0. The molecule has 2 nitrogen and oxygen atoms in total. The Bertz CT molecular complexity index is 337. The third kappa shape index (κ3) is 4.66. The Kier molecular flexibility index (Phi) is 5.30. The van der Waals surface area contributed by atoms with Gasteiger partial charge in [0, 0.05) is 18.2 Å². The van der Waals surface area contributed by atoms with Crippen molar-refractivity contribution in [1.82, 2.24) is 5.32 Å². The molecule has 1 heterocycles. The summed E-state index contributed by atoms with van der Waals surface area (Å²) in [5, 5.41) is 4.25. The molecule has 0 radical (unpaired) electrons. The van der Waals surface area contributed by atoms with Crippen LogP contribution in [0.1, 0.15) is 31.2 Å². The van der Waals surface area contributed by atoms with Crippen molar-refractivity contribution in [2.75, 3.05) is 13.2 Å². The fourth-order valence-corrected chi connectivity index (χ4v) is 2.42. The van der Waals surface area contributed by atoms with Gasteiger partial charge in [0.2, 0.25) is 0 Å². The first-order chi connectivity index (χ1) is 8.34. The SMILES string of the molecule is Clc1cccc(CNCCCC2CCCO2)c1. The molecule has 1 aliphatic rings. The second-order valence-corrected chi connectivity index (χ2v) is 5.02. The molecule has 1 saturated heterocycles. The third-order valence-electron chi connectivity index (χ3n) is 3.12. The van der Waals surface area contributed by atoms with Crippen LogP contribution in [0, 0.1) is 0 Å². The minimum Gasteiger partial charge on any atom is -0.378 e. The molecule has 1 aromatic carbocycles. The predicted octanol–water partition coefficient (Wildman–Crippen LogP) is 3.39. The van der Waals surface area contributed by atoms with Crippen molar-refractivity contribution in [3.8, 4) is 0 Å². The van der Waals surface area contributed by atoms with Crippen molar-refractivity contribution >= 4 is 11.6 Å². The van der Waals surface area contributed by atoms with Gasteiger partial charge in [-0.2, -0.15) is 0 Å². The molecule has 94 valence electrons. The summed E-state index contributed by atoms with van der Waals surface area (Å²) in [6, 6.07) is 8.00. The van der Waals surface area contributed by atoms with Crippen molar-refractivity contribution in [2.45, 2.75) is 38.3 Å². The maximum absolute atomic E-state index is 5.93. The number of benzene rings is 1. The van der Waals surface area contributed by atoms with E-state index in [0.29, 0.717) is 6.10 Å². The summed E-state index contributed by atoms with van der Waals surface area (Å²) >= 11 is 5.93. The predicted molar refractivity (Wildman–Crippen MR) is 71.4 cm³/mol. The average Bonchev–Trinajstić information content (AvgIpc) is 2.82. The first-order valence-electron chi connectivity index (χ1n) is 6.41. The lowest BCUT2D eigenvalue weighted by Gasteiger charge is -2.09. The van der Waals surface area contributed by atoms with Gasteiger partial charge in [-0.05, 0) is 49.9 Å². The van der Waals surface area contributed by atoms with Gasteiger partial charge in [0.15, 0.2) is 0 Å². The van der Waals surface area contributed by atoms with Crippen LogP contribution in [-0.2, 0) is 11.3 Å². The maximum Gasteiger partial charge on any atom is 0.0576 e. The van der Waals surface area contributed by atoms with Crippen molar-refractivity contribution < 1.29 is 4.74 Å². The van der Waals surface area contributed by atoms with E-state index in [0.717, 1.165) is 24.7 Å². The Balaban J connectivity index is 1.56. The fourth-order valence-electron chi connectivity index (χ4n) is 2.21. The molecule has 3 heteroatoms. The van der Waals surface area contributed by atoms with Crippen molar-refractivity contribution in [3.63, 3.8) is 0 Å². The summed E-state index contributed by atoms with van der Waals surface area (Å²) in [6.07, 6.45) is 5.37. The minimum absolute atomic E-state index is 0.517. The molecule has 1 unspecified atom stereocenters. The third-order valence-corrected chi connectivity index (χ3v) is 3.36. The molecule has 0 aliphatic carbocycles. The van der Waals surface area contributed by atoms with Crippen LogP contribution in [0.5, 0.6) is 0 Å². The normalized spacial score (nSPS) is 19.7. The Morgan fingerprint density at radius 3 is 3.12 bits per heavy atom. The molecule has 0 amide bonds. The van der Waals surface area contributed by atoms with Crippen molar-refractivity contribution in [2.24, 2.45) is 0 Å². The zero-order valence-corrected chi connectivity index (χ0v) is 10.9. The highest BCUT2D eigenvalue weighted by Gasteiger charge is 2.14. The lowest BCUT2D eigenvalue weighted by molar-refractivity contribution is 0.102. The Hall–Kier alpha value is -0.570. The minimum atomic E-state index is 0.517. The van der Waals surface area contributed by atoms with Crippen LogP contribution < -0.4 is 5.32 Å². The summed E-state index contributed by atoms with van der Waals surface area (Å²) < 4.78 is 5.59. The highest BCUT2D eigenvalue weighted by Crippen LogP contribution is 2.16. The van der Waals surface area contributed by atoms with Crippen LogP contribution >= 0.6 is 11.6 Å². The second kappa shape index (κ2) is 7.00. The Morgan fingerprint density at radius 1 is 1.41 bits per heavy atom. The molecule has 1 aromatic rings. The van der Waals surface area contributed by atoms with Crippen LogP contribution in [0.4, 0.5) is 0 Å². The molecule has 1 atom stereocenters. The van der Waals surface area contributed by atoms with Gasteiger partial charge in [-0.1, -0.05) is 23.7 Å². The fraction of sp³-hybridized carbons (Fsp3) is 0.571. The zero-order chi connectivity index (χ0) is 11.9. The molecule has 1 N–H and O–H groups in total. The van der Waals surface area contributed by atoms with Crippen molar-refractivity contribution in [1.29, 1.82) is 0 Å². The van der Waals surface area contributed by atoms with Gasteiger partial charge in [0.1, 0.15) is 0 Å². The average molecular weight is 254 g/mol. The van der Waals surface area contributed by atoms with Gasteiger partial charge in [-0.3, -0.25) is 0 Å². The van der Waals surface area contributed by atoms with E-state index in [4.69, 9.17) is 16.3 Å². The molecule has 0 bridgehead atoms. The van der Waals surface area contributed by atoms with Crippen LogP contribution in [0.3, 0.4) is 0 Å². The molecular formula is C14H20ClNO. The Morgan fingerprint density at radius 2 is 2.35 bits per heavy atom. The van der Waals surface area contributed by atoms with E-state index in [1.807, 2.05) is 18.2 Å². The van der Waals surface area contributed by atoms with Gasteiger partial charge >= 0.3 is 0 Å². The van der Waals surface area contributed by atoms with Gasteiger partial charge in [0.05, 0.1) is 6.10 Å². The number of hydrogen-bond acceptors (Lipinski definition) is 2. The molecule has 1 aliphatic heterocycles. The standard InChI is InChI=1S/C14H20ClNO/c15-13-5-1-4-12(10-13)11-16-8-2-6-14-7-3-9-17-14/h1,4-5,10,14,16H,2-3,6-9,11H2. The molecular weight excluding hydrogens is 234 g/mol. The second-order valence-electron chi connectivity index (χ2n) is 4.58. The van der Waals surface area contributed by atoms with E-state index in [1.54, 1.807) is 0 Å². The van der Waals surface area contributed by atoms with E-state index < -0.39 is 0 Å². The molecule has 0 saturated carbocycles. The van der Waals surface area contributed by atoms with Gasteiger partial charge in [0.25, 0.3) is 0 Å². The summed E-state index contributed by atoms with van der Waals surface area (Å²) in [5.41, 5.74) is 1.25. The molecule has 2 rings (SSSR count). The lowest BCUT2D eigenvalue weighted by atomic mass is 10.1. The molecule has 17 heavy (non-hydrogen) atoms. The lowest BCUT2D eigenvalue weighted by Crippen LogP contribution is -2.16. The number of halogens is 1. The van der Waals surface area contributed by atoms with Gasteiger partial charge in [-0.15, -0.1) is 0 Å². The number of hydrogen-bond donors (Lipinski definition) is 1. The quantitative estimate of drug-likeness (QED) is 0.785. The summed E-state index contributed by atoms with van der Waals surface area (Å²) in [6.45, 7) is 2.90. The zero-order valence-electron chi connectivity index (χ0n) is 10.1. The van der Waals surface area contributed by atoms with Crippen molar-refractivity contribution in [3.05, 3.63) is 34.9 Å². The highest BCUT2D eigenvalue weighted by molar-refractivity contribution is 6.30. The van der Waals surface area contributed by atoms with E-state index >= 15 is 0 Å². The first kappa shape index (κ1) is 12.9. The molecule has 1 fully saturated rings. The summed E-state index contributed by atoms with van der Waals surface area (Å²) in [5.74, 6) is 0. The van der Waals surface area contributed by atoms with Crippen LogP contribution in [0.25, 0.3) is 0 Å². The van der Waals surface area contributed by atoms with Crippen LogP contribution in [-0.4, -0.2) is 19.3 Å². The monoisotopic (exact) mass is 253 g/mol. The van der Waals surface area contributed by atoms with E-state index in [1.165, 1.54) is 31.2 Å². The highest BCUT2D eigenvalue weighted by atomic mass is 35.5. The van der Waals surface area contributed by atoms with Gasteiger partial charge in [-0.25, -0.2) is 0 Å². The number of nitrogens with one attached hydrogen (secondary N) is 1. The van der Waals surface area contributed by atoms with Gasteiger partial charge < -0.3 is 10.1 Å². The number of rotatable bonds is 6. The van der Waals surface area contributed by atoms with E-state index in [9.17, 15) is 0 Å². The summed E-state index contributed by atoms with van der Waals surface area (Å²) in [7, 11) is 0.